The van der Waals surface area contributed by atoms with Gasteiger partial charge in [0.25, 0.3) is 0 Å². The fourth-order valence-electron chi connectivity index (χ4n) is 2.45. The summed E-state index contributed by atoms with van der Waals surface area (Å²) < 4.78 is 26.1. The van der Waals surface area contributed by atoms with Gasteiger partial charge in [0.05, 0.1) is 5.69 Å². The molecule has 0 saturated heterocycles. The lowest BCUT2D eigenvalue weighted by Crippen LogP contribution is -2.43. The minimum Gasteiger partial charge on any atom is -0.335 e. The molecule has 2 amide bonds. The summed E-state index contributed by atoms with van der Waals surface area (Å²) in [6, 6.07) is 2.76. The van der Waals surface area contributed by atoms with Crippen LogP contribution >= 0.6 is 0 Å². The van der Waals surface area contributed by atoms with Crippen LogP contribution in [-0.4, -0.2) is 12.1 Å². The van der Waals surface area contributed by atoms with E-state index in [1.54, 1.807) is 0 Å². The second-order valence-electron chi connectivity index (χ2n) is 5.09. The molecule has 0 aromatic heterocycles. The highest BCUT2D eigenvalue weighted by molar-refractivity contribution is 5.89. The lowest BCUT2D eigenvalue weighted by atomic mass is 9.86. The predicted octanol–water partition coefficient (Wildman–Crippen LogP) is 3.67. The first-order valence-corrected chi connectivity index (χ1v) is 6.59. The molecule has 2 N–H and O–H groups in total. The Morgan fingerprint density at radius 2 is 2.00 bits per heavy atom. The Kier molecular flexibility index (Phi) is 4.35. The number of hydrogen-bond acceptors (Lipinski definition) is 1. The first kappa shape index (κ1) is 13.8. The molecule has 0 radical (unpaired) electrons. The van der Waals surface area contributed by atoms with Gasteiger partial charge in [-0.1, -0.05) is 19.8 Å². The van der Waals surface area contributed by atoms with E-state index in [4.69, 9.17) is 0 Å². The molecule has 104 valence electrons. The van der Waals surface area contributed by atoms with Crippen molar-refractivity contribution in [2.24, 2.45) is 5.92 Å². The van der Waals surface area contributed by atoms with Gasteiger partial charge >= 0.3 is 6.03 Å². The fraction of sp³-hybridized carbons (Fsp3) is 0.500. The Morgan fingerprint density at radius 1 is 1.26 bits per heavy atom. The Hall–Kier alpha value is -1.65. The minimum absolute atomic E-state index is 0.0117. The molecule has 0 bridgehead atoms. The molecule has 1 aliphatic rings. The maximum Gasteiger partial charge on any atom is 0.319 e. The van der Waals surface area contributed by atoms with E-state index >= 15 is 0 Å². The third-order valence-electron chi connectivity index (χ3n) is 3.61. The smallest absolute Gasteiger partial charge is 0.319 e. The number of rotatable bonds is 2. The van der Waals surface area contributed by atoms with Crippen molar-refractivity contribution in [3.05, 3.63) is 29.8 Å². The van der Waals surface area contributed by atoms with E-state index in [1.165, 1.54) is 12.5 Å². The van der Waals surface area contributed by atoms with Gasteiger partial charge < -0.3 is 10.6 Å². The van der Waals surface area contributed by atoms with Crippen molar-refractivity contribution in [3.8, 4) is 0 Å². The molecule has 1 saturated carbocycles. The number of hydrogen-bond donors (Lipinski definition) is 2. The van der Waals surface area contributed by atoms with Crippen molar-refractivity contribution in [2.45, 2.75) is 38.6 Å². The highest BCUT2D eigenvalue weighted by atomic mass is 19.1. The number of halogens is 2. The van der Waals surface area contributed by atoms with Crippen molar-refractivity contribution >= 4 is 11.7 Å². The molecule has 1 aliphatic carbocycles. The van der Waals surface area contributed by atoms with Crippen molar-refractivity contribution in [1.29, 1.82) is 0 Å². The van der Waals surface area contributed by atoms with Crippen LogP contribution in [0.15, 0.2) is 18.2 Å². The standard InChI is InChI=1S/C14H18F2N2O/c1-9-4-2-3-5-12(9)17-14(19)18-13-7-6-10(15)8-11(13)16/h6-9,12H,2-5H2,1H3,(H2,17,18,19)/t9-,12-/m1/s1. The SMILES string of the molecule is C[C@@H]1CCCC[C@H]1NC(=O)Nc1ccc(F)cc1F. The first-order valence-electron chi connectivity index (χ1n) is 6.59. The van der Waals surface area contributed by atoms with Gasteiger partial charge in [-0.3, -0.25) is 0 Å². The summed E-state index contributed by atoms with van der Waals surface area (Å²) in [5, 5.41) is 5.26. The number of carbonyl (C=O) groups excluding carboxylic acids is 1. The van der Waals surface area contributed by atoms with Crippen molar-refractivity contribution in [2.75, 3.05) is 5.32 Å². The Labute approximate surface area is 111 Å². The van der Waals surface area contributed by atoms with E-state index < -0.39 is 17.7 Å². The normalized spacial score (nSPS) is 22.9. The third-order valence-corrected chi connectivity index (χ3v) is 3.61. The lowest BCUT2D eigenvalue weighted by molar-refractivity contribution is 0.232. The van der Waals surface area contributed by atoms with Crippen LogP contribution in [0.5, 0.6) is 0 Å². The van der Waals surface area contributed by atoms with Crippen LogP contribution in [0, 0.1) is 17.6 Å². The number of nitrogens with one attached hydrogen (secondary N) is 2. The van der Waals surface area contributed by atoms with Gasteiger partial charge in [-0.05, 0) is 30.9 Å². The maximum absolute atomic E-state index is 13.4. The molecular weight excluding hydrogens is 250 g/mol. The topological polar surface area (TPSA) is 41.1 Å². The monoisotopic (exact) mass is 268 g/mol. The Balaban J connectivity index is 1.93. The van der Waals surface area contributed by atoms with Crippen molar-refractivity contribution in [1.82, 2.24) is 5.32 Å². The van der Waals surface area contributed by atoms with Crippen LogP contribution in [0.25, 0.3) is 0 Å². The summed E-state index contributed by atoms with van der Waals surface area (Å²) in [5.74, 6) is -1.01. The van der Waals surface area contributed by atoms with Gasteiger partial charge in [-0.25, -0.2) is 13.6 Å². The zero-order chi connectivity index (χ0) is 13.8. The number of urea groups is 1. The molecule has 0 spiro atoms. The highest BCUT2D eigenvalue weighted by Crippen LogP contribution is 2.24. The minimum atomic E-state index is -0.771. The molecule has 1 aromatic rings. The van der Waals surface area contributed by atoms with Gasteiger partial charge in [0, 0.05) is 12.1 Å². The molecule has 1 aromatic carbocycles. The van der Waals surface area contributed by atoms with E-state index in [0.29, 0.717) is 5.92 Å². The number of amides is 2. The molecule has 3 nitrogen and oxygen atoms in total. The molecule has 1 fully saturated rings. The van der Waals surface area contributed by atoms with E-state index in [-0.39, 0.29) is 11.7 Å². The average Bonchev–Trinajstić information content (AvgIpc) is 2.36. The zero-order valence-corrected chi connectivity index (χ0v) is 10.9. The largest absolute Gasteiger partial charge is 0.335 e. The van der Waals surface area contributed by atoms with Gasteiger partial charge in [0.1, 0.15) is 11.6 Å². The van der Waals surface area contributed by atoms with Gasteiger partial charge in [0.15, 0.2) is 0 Å². The van der Waals surface area contributed by atoms with Crippen LogP contribution < -0.4 is 10.6 Å². The summed E-state index contributed by atoms with van der Waals surface area (Å²) in [7, 11) is 0. The summed E-state index contributed by atoms with van der Waals surface area (Å²) in [6.45, 7) is 2.10. The van der Waals surface area contributed by atoms with E-state index in [1.807, 2.05) is 0 Å². The summed E-state index contributed by atoms with van der Waals surface area (Å²) in [6.07, 6.45) is 4.32. The Bertz CT molecular complexity index is 465. The first-order chi connectivity index (χ1) is 9.06. The fourth-order valence-corrected chi connectivity index (χ4v) is 2.45. The van der Waals surface area contributed by atoms with Crippen LogP contribution in [0.3, 0.4) is 0 Å². The Morgan fingerprint density at radius 3 is 2.68 bits per heavy atom. The zero-order valence-electron chi connectivity index (χ0n) is 10.9. The number of anilines is 1. The maximum atomic E-state index is 13.4. The van der Waals surface area contributed by atoms with Crippen molar-refractivity contribution in [3.63, 3.8) is 0 Å². The number of carbonyl (C=O) groups is 1. The molecule has 0 aliphatic heterocycles. The van der Waals surface area contributed by atoms with Crippen LogP contribution in [0.1, 0.15) is 32.6 Å². The summed E-state index contributed by atoms with van der Waals surface area (Å²) in [4.78, 5) is 11.8. The molecule has 5 heteroatoms. The van der Waals surface area contributed by atoms with E-state index in [9.17, 15) is 13.6 Å². The lowest BCUT2D eigenvalue weighted by Gasteiger charge is -2.29. The summed E-state index contributed by atoms with van der Waals surface area (Å²) in [5.41, 5.74) is -0.0117. The van der Waals surface area contributed by atoms with E-state index in [2.05, 4.69) is 17.6 Å². The summed E-state index contributed by atoms with van der Waals surface area (Å²) >= 11 is 0. The van der Waals surface area contributed by atoms with Crippen LogP contribution in [0.4, 0.5) is 19.3 Å². The second kappa shape index (κ2) is 5.99. The van der Waals surface area contributed by atoms with Crippen LogP contribution in [-0.2, 0) is 0 Å². The van der Waals surface area contributed by atoms with Gasteiger partial charge in [0.2, 0.25) is 0 Å². The van der Waals surface area contributed by atoms with Crippen molar-refractivity contribution < 1.29 is 13.6 Å². The molecule has 2 atom stereocenters. The van der Waals surface area contributed by atoms with Gasteiger partial charge in [-0.15, -0.1) is 0 Å². The number of benzene rings is 1. The van der Waals surface area contributed by atoms with Crippen LogP contribution in [0.2, 0.25) is 0 Å². The third kappa shape index (κ3) is 3.66. The molecule has 19 heavy (non-hydrogen) atoms. The second-order valence-corrected chi connectivity index (χ2v) is 5.09. The molecule has 0 heterocycles. The molecule has 0 unspecified atom stereocenters. The van der Waals surface area contributed by atoms with Gasteiger partial charge in [-0.2, -0.15) is 0 Å². The highest BCUT2D eigenvalue weighted by Gasteiger charge is 2.23. The molecular formula is C14H18F2N2O. The quantitative estimate of drug-likeness (QED) is 0.844. The van der Waals surface area contributed by atoms with E-state index in [0.717, 1.165) is 31.4 Å². The molecule has 2 rings (SSSR count). The predicted molar refractivity (Wildman–Crippen MR) is 69.9 cm³/mol. The average molecular weight is 268 g/mol.